The van der Waals surface area contributed by atoms with Crippen LogP contribution in [0.25, 0.3) is 0 Å². The maximum atomic E-state index is 10.3. The summed E-state index contributed by atoms with van der Waals surface area (Å²) in [5.74, 6) is 6.59. The number of hydrogen-bond acceptors (Lipinski definition) is 3. The van der Waals surface area contributed by atoms with Crippen molar-refractivity contribution in [1.29, 1.82) is 0 Å². The van der Waals surface area contributed by atoms with Gasteiger partial charge in [0, 0.05) is 24.2 Å². The van der Waals surface area contributed by atoms with Crippen LogP contribution in [0.4, 0.5) is 0 Å². The zero-order valence-electron chi connectivity index (χ0n) is 11.4. The highest BCUT2D eigenvalue weighted by Crippen LogP contribution is 2.23. The third-order valence-corrected chi connectivity index (χ3v) is 3.12. The van der Waals surface area contributed by atoms with Crippen LogP contribution in [0.15, 0.2) is 36.4 Å². The summed E-state index contributed by atoms with van der Waals surface area (Å²) in [7, 11) is 1.61. The molecule has 0 fully saturated rings. The Morgan fingerprint density at radius 2 is 2.00 bits per heavy atom. The van der Waals surface area contributed by atoms with Gasteiger partial charge in [-0.15, -0.1) is 0 Å². The molecule has 0 aliphatic heterocycles. The van der Waals surface area contributed by atoms with Gasteiger partial charge in [0.25, 0.3) is 0 Å². The van der Waals surface area contributed by atoms with E-state index >= 15 is 0 Å². The largest absolute Gasteiger partial charge is 0.497 e. The van der Waals surface area contributed by atoms with Crippen LogP contribution in [0, 0.1) is 11.8 Å². The van der Waals surface area contributed by atoms with Crippen LogP contribution in [0.5, 0.6) is 5.75 Å². The first-order valence-corrected chi connectivity index (χ1v) is 6.24. The van der Waals surface area contributed by atoms with E-state index in [0.717, 1.165) is 11.3 Å². The molecule has 2 N–H and O–H groups in total. The third-order valence-electron chi connectivity index (χ3n) is 3.12. The quantitative estimate of drug-likeness (QED) is 0.797. The molecule has 1 rings (SSSR count). The molecule has 102 valence electrons. The van der Waals surface area contributed by atoms with E-state index in [4.69, 9.17) is 9.84 Å². The number of aliphatic hydroxyl groups is 2. The molecule has 19 heavy (non-hydrogen) atoms. The lowest BCUT2D eigenvalue weighted by atomic mass is 9.89. The van der Waals surface area contributed by atoms with Crippen molar-refractivity contribution in [2.45, 2.75) is 25.4 Å². The summed E-state index contributed by atoms with van der Waals surface area (Å²) < 4.78 is 5.06. The van der Waals surface area contributed by atoms with Gasteiger partial charge >= 0.3 is 0 Å². The predicted octanol–water partition coefficient (Wildman–Crippen LogP) is 2.13. The highest BCUT2D eigenvalue weighted by molar-refractivity contribution is 5.44. The van der Waals surface area contributed by atoms with Gasteiger partial charge in [0.15, 0.2) is 0 Å². The van der Waals surface area contributed by atoms with Gasteiger partial charge in [-0.25, -0.2) is 0 Å². The van der Waals surface area contributed by atoms with Crippen LogP contribution in [0.1, 0.15) is 25.3 Å². The molecular weight excluding hydrogens is 240 g/mol. The summed E-state index contributed by atoms with van der Waals surface area (Å²) in [6, 6.07) is 7.34. The molecule has 1 atom stereocenters. The minimum Gasteiger partial charge on any atom is -0.497 e. The molecule has 0 aliphatic rings. The molecule has 0 bridgehead atoms. The summed E-state index contributed by atoms with van der Waals surface area (Å²) in [6.45, 7) is 5.56. The average molecular weight is 260 g/mol. The van der Waals surface area contributed by atoms with Crippen LogP contribution >= 0.6 is 0 Å². The smallest absolute Gasteiger partial charge is 0.118 e. The molecular formula is C16H20O3. The minimum absolute atomic E-state index is 0.0897. The summed E-state index contributed by atoms with van der Waals surface area (Å²) in [5.41, 5.74) is 0.137. The Morgan fingerprint density at radius 1 is 1.37 bits per heavy atom. The summed E-state index contributed by atoms with van der Waals surface area (Å²) in [6.07, 6.45) is 0.726. The molecule has 1 aromatic carbocycles. The normalized spacial score (nSPS) is 13.1. The molecule has 1 unspecified atom stereocenters. The molecule has 0 aromatic heterocycles. The van der Waals surface area contributed by atoms with E-state index in [1.807, 2.05) is 31.2 Å². The molecule has 3 nitrogen and oxygen atoms in total. The van der Waals surface area contributed by atoms with Crippen molar-refractivity contribution in [2.75, 3.05) is 13.7 Å². The topological polar surface area (TPSA) is 49.7 Å². The maximum Gasteiger partial charge on any atom is 0.118 e. The Labute approximate surface area is 114 Å². The van der Waals surface area contributed by atoms with Gasteiger partial charge in [-0.05, 0) is 30.7 Å². The lowest BCUT2D eigenvalue weighted by Crippen LogP contribution is -2.30. The second kappa shape index (κ2) is 6.98. The van der Waals surface area contributed by atoms with Crippen LogP contribution in [-0.4, -0.2) is 29.5 Å². The van der Waals surface area contributed by atoms with E-state index in [2.05, 4.69) is 18.4 Å². The molecule has 1 aromatic rings. The van der Waals surface area contributed by atoms with Crippen molar-refractivity contribution in [3.63, 3.8) is 0 Å². The van der Waals surface area contributed by atoms with Crippen molar-refractivity contribution in [3.05, 3.63) is 42.0 Å². The van der Waals surface area contributed by atoms with E-state index in [1.54, 1.807) is 7.11 Å². The van der Waals surface area contributed by atoms with Crippen molar-refractivity contribution < 1.29 is 14.9 Å². The van der Waals surface area contributed by atoms with Gasteiger partial charge in [-0.2, -0.15) is 0 Å². The Balaban J connectivity index is 2.83. The molecule has 0 amide bonds. The Bertz CT molecular complexity index is 479. The first kappa shape index (κ1) is 15.3. The first-order valence-electron chi connectivity index (χ1n) is 6.24. The number of ether oxygens (including phenoxy) is 1. The van der Waals surface area contributed by atoms with Gasteiger partial charge in [0.05, 0.1) is 12.7 Å². The fraction of sp³-hybridized carbons (Fsp3) is 0.375. The lowest BCUT2D eigenvalue weighted by Gasteiger charge is -2.25. The average Bonchev–Trinajstić information content (AvgIpc) is 2.45. The minimum atomic E-state index is -1.12. The van der Waals surface area contributed by atoms with Gasteiger partial charge in [0.1, 0.15) is 5.75 Å². The van der Waals surface area contributed by atoms with Crippen LogP contribution < -0.4 is 4.74 Å². The highest BCUT2D eigenvalue weighted by atomic mass is 16.5. The van der Waals surface area contributed by atoms with Crippen molar-refractivity contribution >= 4 is 0 Å². The molecule has 0 saturated heterocycles. The summed E-state index contributed by atoms with van der Waals surface area (Å²) in [4.78, 5) is 0. The SMILES string of the molecule is C=C(C#Cc1ccc(OC)cc1)C(O)(CC)CCO. The fourth-order valence-electron chi connectivity index (χ4n) is 1.66. The summed E-state index contributed by atoms with van der Waals surface area (Å²) in [5, 5.41) is 19.2. The van der Waals surface area contributed by atoms with E-state index in [9.17, 15) is 5.11 Å². The number of aliphatic hydroxyl groups excluding tert-OH is 1. The van der Waals surface area contributed by atoms with Gasteiger partial charge < -0.3 is 14.9 Å². The Morgan fingerprint density at radius 3 is 2.47 bits per heavy atom. The zero-order valence-corrected chi connectivity index (χ0v) is 11.4. The first-order chi connectivity index (χ1) is 9.05. The molecule has 0 saturated carbocycles. The van der Waals surface area contributed by atoms with Gasteiger partial charge in [-0.1, -0.05) is 25.3 Å². The maximum absolute atomic E-state index is 10.3. The second-order valence-electron chi connectivity index (χ2n) is 4.32. The Kier molecular flexibility index (Phi) is 5.62. The van der Waals surface area contributed by atoms with Crippen LogP contribution in [0.3, 0.4) is 0 Å². The van der Waals surface area contributed by atoms with Crippen molar-refractivity contribution in [3.8, 4) is 17.6 Å². The zero-order chi connectivity index (χ0) is 14.3. The van der Waals surface area contributed by atoms with Gasteiger partial charge in [-0.3, -0.25) is 0 Å². The fourth-order valence-corrected chi connectivity index (χ4v) is 1.66. The highest BCUT2D eigenvalue weighted by Gasteiger charge is 2.26. The van der Waals surface area contributed by atoms with E-state index in [-0.39, 0.29) is 13.0 Å². The standard InChI is InChI=1S/C16H20O3/c1-4-16(18,11-12-17)13(2)5-6-14-7-9-15(19-3)10-8-14/h7-10,17-18H,2,4,11-12H2,1,3H3. The third kappa shape index (κ3) is 4.13. The van der Waals surface area contributed by atoms with Crippen LogP contribution in [-0.2, 0) is 0 Å². The van der Waals surface area contributed by atoms with Crippen molar-refractivity contribution in [1.82, 2.24) is 0 Å². The molecule has 0 spiro atoms. The number of rotatable bonds is 5. The van der Waals surface area contributed by atoms with E-state index in [0.29, 0.717) is 12.0 Å². The number of hydrogen-bond donors (Lipinski definition) is 2. The van der Waals surface area contributed by atoms with Gasteiger partial charge in [0.2, 0.25) is 0 Å². The van der Waals surface area contributed by atoms with Crippen molar-refractivity contribution in [2.24, 2.45) is 0 Å². The van der Waals surface area contributed by atoms with Crippen LogP contribution in [0.2, 0.25) is 0 Å². The number of methoxy groups -OCH3 is 1. The van der Waals surface area contributed by atoms with E-state index < -0.39 is 5.60 Å². The number of benzene rings is 1. The molecule has 0 aliphatic carbocycles. The summed E-state index contributed by atoms with van der Waals surface area (Å²) >= 11 is 0. The predicted molar refractivity (Wildman–Crippen MR) is 76.0 cm³/mol. The lowest BCUT2D eigenvalue weighted by molar-refractivity contribution is 0.0509. The monoisotopic (exact) mass is 260 g/mol. The molecule has 0 heterocycles. The molecule has 0 radical (unpaired) electrons. The second-order valence-corrected chi connectivity index (χ2v) is 4.32. The van der Waals surface area contributed by atoms with E-state index in [1.165, 1.54) is 0 Å². The molecule has 3 heteroatoms. The Hall–Kier alpha value is -1.76.